The van der Waals surface area contributed by atoms with Crippen LogP contribution in [0.4, 0.5) is 0 Å². The second-order valence-electron chi connectivity index (χ2n) is 6.16. The Morgan fingerprint density at radius 2 is 1.95 bits per heavy atom. The van der Waals surface area contributed by atoms with E-state index in [1.54, 1.807) is 7.05 Å². The van der Waals surface area contributed by atoms with Gasteiger partial charge in [-0.1, -0.05) is 26.0 Å². The number of benzene rings is 1. The van der Waals surface area contributed by atoms with Crippen LogP contribution in [0, 0.1) is 5.92 Å². The van der Waals surface area contributed by atoms with Gasteiger partial charge in [0, 0.05) is 18.7 Å². The van der Waals surface area contributed by atoms with Gasteiger partial charge in [0.25, 0.3) is 5.91 Å². The smallest absolute Gasteiger partial charge is 0.260 e. The first-order chi connectivity index (χ1) is 9.93. The van der Waals surface area contributed by atoms with Crippen molar-refractivity contribution in [3.05, 3.63) is 34.9 Å². The van der Waals surface area contributed by atoms with Crippen molar-refractivity contribution in [2.24, 2.45) is 5.92 Å². The van der Waals surface area contributed by atoms with Crippen LogP contribution in [-0.4, -0.2) is 30.8 Å². The highest BCUT2D eigenvalue weighted by Gasteiger charge is 2.28. The van der Waals surface area contributed by atoms with E-state index in [-0.39, 0.29) is 17.9 Å². The maximum absolute atomic E-state index is 12.2. The summed E-state index contributed by atoms with van der Waals surface area (Å²) in [6.07, 6.45) is 2.49. The lowest BCUT2D eigenvalue weighted by Gasteiger charge is -2.25. The van der Waals surface area contributed by atoms with Gasteiger partial charge in [-0.3, -0.25) is 14.5 Å². The Balaban J connectivity index is 2.27. The predicted molar refractivity (Wildman–Crippen MR) is 83.1 cm³/mol. The van der Waals surface area contributed by atoms with Gasteiger partial charge in [-0.05, 0) is 43.0 Å². The predicted octanol–water partition coefficient (Wildman–Crippen LogP) is 2.54. The van der Waals surface area contributed by atoms with Gasteiger partial charge in [0.15, 0.2) is 0 Å². The Hall–Kier alpha value is -1.68. The molecule has 1 aliphatic heterocycles. The molecular weight excluding hydrogens is 264 g/mol. The number of nitrogens with zero attached hydrogens (tertiary/aromatic N) is 1. The van der Waals surface area contributed by atoms with E-state index in [1.165, 1.54) is 4.90 Å². The first kappa shape index (κ1) is 15.7. The Morgan fingerprint density at radius 3 is 2.57 bits per heavy atom. The van der Waals surface area contributed by atoms with E-state index in [0.29, 0.717) is 17.9 Å². The van der Waals surface area contributed by atoms with Crippen LogP contribution in [-0.2, 0) is 11.2 Å². The fraction of sp³-hybridized carbons (Fsp3) is 0.529. The van der Waals surface area contributed by atoms with E-state index in [0.717, 1.165) is 24.0 Å². The number of hydrogen-bond donors (Lipinski definition) is 1. The van der Waals surface area contributed by atoms with Crippen molar-refractivity contribution in [3.63, 3.8) is 0 Å². The summed E-state index contributed by atoms with van der Waals surface area (Å²) in [7, 11) is 3.50. The molecular formula is C17H24N2O2. The molecule has 1 heterocycles. The summed E-state index contributed by atoms with van der Waals surface area (Å²) >= 11 is 0. The minimum Gasteiger partial charge on any atom is -0.313 e. The lowest BCUT2D eigenvalue weighted by molar-refractivity contribution is -0.127. The van der Waals surface area contributed by atoms with Crippen molar-refractivity contribution in [1.82, 2.24) is 10.2 Å². The molecule has 0 saturated heterocycles. The molecule has 0 saturated carbocycles. The standard InChI is InChI=1S/C17H24N2O2/c1-11(2)5-8-15(18-3)13-7-6-12-10-16(20)19(4)17(21)14(12)9-13/h6-7,9,11,15,18H,5,8,10H2,1-4H3. The number of amides is 2. The van der Waals surface area contributed by atoms with Crippen LogP contribution in [0.1, 0.15) is 54.2 Å². The van der Waals surface area contributed by atoms with Gasteiger partial charge >= 0.3 is 0 Å². The number of carbonyl (C=O) groups excluding carboxylic acids is 2. The topological polar surface area (TPSA) is 49.4 Å². The normalized spacial score (nSPS) is 16.3. The minimum atomic E-state index is -0.193. The highest BCUT2D eigenvalue weighted by Crippen LogP contribution is 2.26. The average Bonchev–Trinajstić information content (AvgIpc) is 2.45. The Kier molecular flexibility index (Phi) is 4.78. The molecule has 21 heavy (non-hydrogen) atoms. The van der Waals surface area contributed by atoms with Gasteiger partial charge in [0.1, 0.15) is 0 Å². The van der Waals surface area contributed by atoms with Crippen LogP contribution < -0.4 is 5.32 Å². The van der Waals surface area contributed by atoms with Crippen molar-refractivity contribution in [1.29, 1.82) is 0 Å². The SMILES string of the molecule is CNC(CCC(C)C)c1ccc2c(c1)C(=O)N(C)C(=O)C2. The largest absolute Gasteiger partial charge is 0.313 e. The highest BCUT2D eigenvalue weighted by atomic mass is 16.2. The van der Waals surface area contributed by atoms with Gasteiger partial charge in [-0.25, -0.2) is 0 Å². The molecule has 0 aromatic heterocycles. The molecule has 0 radical (unpaired) electrons. The number of hydrogen-bond acceptors (Lipinski definition) is 3. The summed E-state index contributed by atoms with van der Waals surface area (Å²) < 4.78 is 0. The van der Waals surface area contributed by atoms with E-state index in [4.69, 9.17) is 0 Å². The van der Waals surface area contributed by atoms with Crippen molar-refractivity contribution >= 4 is 11.8 Å². The molecule has 0 aliphatic carbocycles. The molecule has 2 rings (SSSR count). The van der Waals surface area contributed by atoms with Crippen molar-refractivity contribution in [2.75, 3.05) is 14.1 Å². The van der Waals surface area contributed by atoms with Gasteiger partial charge < -0.3 is 5.32 Å². The summed E-state index contributed by atoms with van der Waals surface area (Å²) in [4.78, 5) is 25.2. The fourth-order valence-corrected chi connectivity index (χ4v) is 2.72. The maximum atomic E-state index is 12.2. The molecule has 4 nitrogen and oxygen atoms in total. The third kappa shape index (κ3) is 3.32. The number of rotatable bonds is 5. The van der Waals surface area contributed by atoms with Gasteiger partial charge in [-0.15, -0.1) is 0 Å². The maximum Gasteiger partial charge on any atom is 0.260 e. The second-order valence-corrected chi connectivity index (χ2v) is 6.16. The zero-order chi connectivity index (χ0) is 15.6. The third-order valence-electron chi connectivity index (χ3n) is 4.17. The molecule has 4 heteroatoms. The lowest BCUT2D eigenvalue weighted by atomic mass is 9.91. The number of fused-ring (bicyclic) bond motifs is 1. The molecule has 1 aliphatic rings. The zero-order valence-corrected chi connectivity index (χ0v) is 13.3. The first-order valence-electron chi connectivity index (χ1n) is 7.55. The van der Waals surface area contributed by atoms with Crippen molar-refractivity contribution < 1.29 is 9.59 Å². The molecule has 1 aromatic rings. The Morgan fingerprint density at radius 1 is 1.24 bits per heavy atom. The average molecular weight is 288 g/mol. The van der Waals surface area contributed by atoms with E-state index in [9.17, 15) is 9.59 Å². The van der Waals surface area contributed by atoms with Crippen LogP contribution in [0.5, 0.6) is 0 Å². The molecule has 0 spiro atoms. The van der Waals surface area contributed by atoms with Crippen LogP contribution in [0.3, 0.4) is 0 Å². The molecule has 1 N–H and O–H groups in total. The molecule has 0 bridgehead atoms. The van der Waals surface area contributed by atoms with Crippen LogP contribution in [0.15, 0.2) is 18.2 Å². The highest BCUT2D eigenvalue weighted by molar-refractivity contribution is 6.09. The van der Waals surface area contributed by atoms with Gasteiger partial charge in [-0.2, -0.15) is 0 Å². The summed E-state index contributed by atoms with van der Waals surface area (Å²) in [5, 5.41) is 3.32. The van der Waals surface area contributed by atoms with Crippen LogP contribution in [0.2, 0.25) is 0 Å². The van der Waals surface area contributed by atoms with Crippen LogP contribution in [0.25, 0.3) is 0 Å². The number of likely N-dealkylation sites (N-methyl/N-ethyl adjacent to an activating group) is 1. The molecule has 1 aromatic carbocycles. The molecule has 1 atom stereocenters. The summed E-state index contributed by atoms with van der Waals surface area (Å²) in [6, 6.07) is 6.15. The first-order valence-corrected chi connectivity index (χ1v) is 7.55. The van der Waals surface area contributed by atoms with E-state index >= 15 is 0 Å². The van der Waals surface area contributed by atoms with E-state index in [1.807, 2.05) is 25.2 Å². The zero-order valence-electron chi connectivity index (χ0n) is 13.3. The second kappa shape index (κ2) is 6.39. The van der Waals surface area contributed by atoms with Crippen molar-refractivity contribution in [3.8, 4) is 0 Å². The monoisotopic (exact) mass is 288 g/mol. The Bertz CT molecular complexity index is 552. The Labute approximate surface area is 126 Å². The number of imide groups is 1. The van der Waals surface area contributed by atoms with E-state index < -0.39 is 0 Å². The summed E-state index contributed by atoms with van der Waals surface area (Å²) in [5.41, 5.74) is 2.62. The number of carbonyl (C=O) groups is 2. The van der Waals surface area contributed by atoms with Gasteiger partial charge in [0.2, 0.25) is 5.91 Å². The third-order valence-corrected chi connectivity index (χ3v) is 4.17. The molecule has 114 valence electrons. The van der Waals surface area contributed by atoms with Crippen LogP contribution >= 0.6 is 0 Å². The number of nitrogens with one attached hydrogen (secondary N) is 1. The fourth-order valence-electron chi connectivity index (χ4n) is 2.72. The lowest BCUT2D eigenvalue weighted by Crippen LogP contribution is -2.39. The summed E-state index contributed by atoms with van der Waals surface area (Å²) in [6.45, 7) is 4.42. The molecule has 0 fully saturated rings. The summed E-state index contributed by atoms with van der Waals surface area (Å²) in [5.74, 6) is 0.330. The minimum absolute atomic E-state index is 0.134. The van der Waals surface area contributed by atoms with Gasteiger partial charge in [0.05, 0.1) is 6.42 Å². The molecule has 2 amide bonds. The quantitative estimate of drug-likeness (QED) is 0.847. The molecule has 1 unspecified atom stereocenters. The van der Waals surface area contributed by atoms with E-state index in [2.05, 4.69) is 19.2 Å². The van der Waals surface area contributed by atoms with Crippen molar-refractivity contribution in [2.45, 2.75) is 39.2 Å².